The van der Waals surface area contributed by atoms with Gasteiger partial charge in [0, 0.05) is 9.52 Å². The summed E-state index contributed by atoms with van der Waals surface area (Å²) in [6.07, 6.45) is 2.16. The summed E-state index contributed by atoms with van der Waals surface area (Å²) in [6, 6.07) is 0. The van der Waals surface area contributed by atoms with Gasteiger partial charge in [0.05, 0.1) is 0 Å². The van der Waals surface area contributed by atoms with Crippen LogP contribution in [-0.4, -0.2) is 21.2 Å². The van der Waals surface area contributed by atoms with Crippen molar-refractivity contribution < 1.29 is 0 Å². The molecule has 0 rings (SSSR count). The molecule has 0 bridgehead atoms. The third-order valence-corrected chi connectivity index (χ3v) is 3.67. The summed E-state index contributed by atoms with van der Waals surface area (Å²) in [6.45, 7) is 2.33. The first-order valence-electron chi connectivity index (χ1n) is 1.90. The molecule has 0 heterocycles. The topological polar surface area (TPSA) is 0 Å². The Morgan fingerprint density at radius 1 is 1.80 bits per heavy atom. The predicted molar refractivity (Wildman–Crippen MR) is 32.8 cm³/mol. The monoisotopic (exact) mass is 106 g/mol. The van der Waals surface area contributed by atoms with Crippen LogP contribution >= 0.6 is 11.8 Å². The van der Waals surface area contributed by atoms with Crippen LogP contribution in [0.3, 0.4) is 0 Å². The molecule has 32 valence electrons. The lowest BCUT2D eigenvalue weighted by molar-refractivity contribution is 2.05. The third-order valence-electron chi connectivity index (χ3n) is 0.408. The number of hydrogen-bond acceptors (Lipinski definition) is 1. The Morgan fingerprint density at radius 3 is 2.40 bits per heavy atom. The molecule has 0 spiro atoms. The lowest BCUT2D eigenvalue weighted by Crippen LogP contribution is -1.81. The molecule has 0 aliphatic carbocycles. The Balaban J connectivity index is 2.19. The van der Waals surface area contributed by atoms with Crippen LogP contribution in [0, 0.1) is 0 Å². The highest BCUT2D eigenvalue weighted by atomic mass is 32.2. The summed E-state index contributed by atoms with van der Waals surface area (Å²) < 4.78 is 0. The van der Waals surface area contributed by atoms with Crippen molar-refractivity contribution in [2.75, 3.05) is 11.6 Å². The van der Waals surface area contributed by atoms with Crippen LogP contribution in [-0.2, 0) is 0 Å². The molecule has 0 aromatic carbocycles. The minimum Gasteiger partial charge on any atom is -0.169 e. The third kappa shape index (κ3) is 4.57. The fourth-order valence-electron chi connectivity index (χ4n) is 0.204. The summed E-state index contributed by atoms with van der Waals surface area (Å²) >= 11 is 1.96. The summed E-state index contributed by atoms with van der Waals surface area (Å²) in [5, 5.41) is 1.44. The van der Waals surface area contributed by atoms with Gasteiger partial charge >= 0.3 is 0 Å². The Bertz CT molecular complexity index is 14.4. The average Bonchev–Trinajstić information content (AvgIpc) is 1.41. The van der Waals surface area contributed by atoms with Gasteiger partial charge in [-0.1, -0.05) is 6.55 Å². The summed E-state index contributed by atoms with van der Waals surface area (Å²) in [7, 11) is 0.377. The largest absolute Gasteiger partial charge is 0.169 e. The number of rotatable bonds is 2. The number of hydrogen-bond donors (Lipinski definition) is 0. The lowest BCUT2D eigenvalue weighted by atomic mass is 11.8. The first-order valence-corrected chi connectivity index (χ1v) is 5.71. The molecule has 0 aromatic rings. The van der Waals surface area contributed by atoms with Gasteiger partial charge in [0.2, 0.25) is 0 Å². The van der Waals surface area contributed by atoms with Crippen molar-refractivity contribution in [3.05, 3.63) is 0 Å². The van der Waals surface area contributed by atoms with Crippen LogP contribution in [0.1, 0.15) is 0 Å². The van der Waals surface area contributed by atoms with Crippen molar-refractivity contribution in [1.29, 1.82) is 0 Å². The van der Waals surface area contributed by atoms with Gasteiger partial charge in [-0.15, -0.1) is 0 Å². The summed E-state index contributed by atoms with van der Waals surface area (Å²) in [5.41, 5.74) is 0. The van der Waals surface area contributed by atoms with Gasteiger partial charge in [-0.25, -0.2) is 0 Å². The molecule has 0 radical (unpaired) electrons. The van der Waals surface area contributed by atoms with Crippen LogP contribution in [0.4, 0.5) is 0 Å². The van der Waals surface area contributed by atoms with Crippen LogP contribution in [0.5, 0.6) is 0 Å². The van der Waals surface area contributed by atoms with Crippen LogP contribution in [0.2, 0.25) is 6.55 Å². The fourth-order valence-corrected chi connectivity index (χ4v) is 1.84. The van der Waals surface area contributed by atoms with E-state index in [2.05, 4.69) is 12.8 Å². The van der Waals surface area contributed by atoms with Crippen molar-refractivity contribution in [2.45, 2.75) is 6.55 Å². The zero-order valence-electron chi connectivity index (χ0n) is 3.82. The van der Waals surface area contributed by atoms with Gasteiger partial charge in [-0.05, 0) is 11.6 Å². The molecule has 0 unspecified atom stereocenters. The quantitative estimate of drug-likeness (QED) is 0.463. The van der Waals surface area contributed by atoms with E-state index < -0.39 is 0 Å². The van der Waals surface area contributed by atoms with E-state index in [1.807, 2.05) is 11.8 Å². The Hall–Kier alpha value is 0.567. The van der Waals surface area contributed by atoms with Crippen molar-refractivity contribution >= 4 is 21.3 Å². The maximum atomic E-state index is 2.33. The Morgan fingerprint density at radius 2 is 2.40 bits per heavy atom. The zero-order valence-corrected chi connectivity index (χ0v) is 6.05. The van der Waals surface area contributed by atoms with Crippen LogP contribution in [0.25, 0.3) is 0 Å². The van der Waals surface area contributed by atoms with Crippen molar-refractivity contribution in [3.63, 3.8) is 0 Å². The second kappa shape index (κ2) is 4.57. The van der Waals surface area contributed by atoms with E-state index in [1.54, 1.807) is 0 Å². The molecule has 0 amide bonds. The second-order valence-electron chi connectivity index (χ2n) is 0.993. The van der Waals surface area contributed by atoms with Crippen LogP contribution in [0.15, 0.2) is 0 Å². The fraction of sp³-hybridized carbons (Fsp3) is 1.00. The normalized spacial score (nSPS) is 10.8. The highest BCUT2D eigenvalue weighted by molar-refractivity contribution is 7.99. The molecule has 0 nitrogen and oxygen atoms in total. The zero-order chi connectivity index (χ0) is 4.12. The molecule has 0 aliphatic rings. The van der Waals surface area contributed by atoms with Crippen molar-refractivity contribution in [3.8, 4) is 0 Å². The molecule has 0 saturated carbocycles. The van der Waals surface area contributed by atoms with E-state index in [9.17, 15) is 0 Å². The maximum absolute atomic E-state index is 2.33. The molecule has 2 heteroatoms. The molecular formula is C3H10SSi. The standard InChI is InChI=1S/C3H10SSi/c1-4-3-5-2/h3,5H2,1-2H3. The van der Waals surface area contributed by atoms with E-state index in [0.29, 0.717) is 9.52 Å². The molecule has 0 atom stereocenters. The Kier molecular flexibility index (Phi) is 5.08. The summed E-state index contributed by atoms with van der Waals surface area (Å²) in [5.74, 6) is 0. The molecule has 0 N–H and O–H groups in total. The first-order chi connectivity index (χ1) is 2.41. The minimum absolute atomic E-state index is 0.377. The van der Waals surface area contributed by atoms with Gasteiger partial charge in [0.15, 0.2) is 0 Å². The SMILES string of the molecule is C[SiH2]CSC. The molecule has 0 aliphatic heterocycles. The minimum atomic E-state index is 0.377. The highest BCUT2D eigenvalue weighted by Crippen LogP contribution is 1.84. The van der Waals surface area contributed by atoms with Gasteiger partial charge in [0.25, 0.3) is 0 Å². The second-order valence-corrected chi connectivity index (χ2v) is 4.20. The number of thioether (sulfide) groups is 1. The van der Waals surface area contributed by atoms with E-state index in [0.717, 1.165) is 0 Å². The Labute approximate surface area is 40.2 Å². The molecule has 0 aromatic heterocycles. The van der Waals surface area contributed by atoms with Crippen molar-refractivity contribution in [2.24, 2.45) is 0 Å². The van der Waals surface area contributed by atoms with E-state index >= 15 is 0 Å². The van der Waals surface area contributed by atoms with E-state index in [-0.39, 0.29) is 0 Å². The molecule has 0 saturated heterocycles. The molecule has 5 heavy (non-hydrogen) atoms. The molecular weight excluding hydrogens is 96.2 g/mol. The van der Waals surface area contributed by atoms with E-state index in [4.69, 9.17) is 0 Å². The van der Waals surface area contributed by atoms with E-state index in [1.165, 1.54) is 5.38 Å². The van der Waals surface area contributed by atoms with Gasteiger partial charge in [-0.2, -0.15) is 11.8 Å². The average molecular weight is 106 g/mol. The lowest BCUT2D eigenvalue weighted by Gasteiger charge is -1.78. The van der Waals surface area contributed by atoms with Gasteiger partial charge < -0.3 is 0 Å². The first kappa shape index (κ1) is 5.57. The van der Waals surface area contributed by atoms with Gasteiger partial charge in [-0.3, -0.25) is 0 Å². The highest BCUT2D eigenvalue weighted by Gasteiger charge is 1.69. The predicted octanol–water partition coefficient (Wildman–Crippen LogP) is 0.524. The smallest absolute Gasteiger partial charge is 0.0286 e. The van der Waals surface area contributed by atoms with Crippen LogP contribution < -0.4 is 0 Å². The van der Waals surface area contributed by atoms with Gasteiger partial charge in [0.1, 0.15) is 0 Å². The summed E-state index contributed by atoms with van der Waals surface area (Å²) in [4.78, 5) is 0. The maximum Gasteiger partial charge on any atom is 0.0286 e. The van der Waals surface area contributed by atoms with Crippen molar-refractivity contribution in [1.82, 2.24) is 0 Å². The molecule has 0 fully saturated rings.